The molecule has 2 heterocycles. The third kappa shape index (κ3) is 1.54. The van der Waals surface area contributed by atoms with E-state index in [0.29, 0.717) is 11.1 Å². The van der Waals surface area contributed by atoms with Crippen LogP contribution >= 0.6 is 11.6 Å². The Bertz CT molecular complexity index is 431. The van der Waals surface area contributed by atoms with Crippen LogP contribution in [-0.4, -0.2) is 9.97 Å². The predicted molar refractivity (Wildman–Crippen MR) is 55.2 cm³/mol. The number of nitrogens with one attached hydrogen (secondary N) is 1. The maximum atomic E-state index is 5.78. The molecule has 0 bridgehead atoms. The van der Waals surface area contributed by atoms with E-state index in [-0.39, 0.29) is 0 Å². The molecule has 0 fully saturated rings. The van der Waals surface area contributed by atoms with Gasteiger partial charge in [-0.25, -0.2) is 4.98 Å². The van der Waals surface area contributed by atoms with Gasteiger partial charge in [0.2, 0.25) is 0 Å². The Labute approximate surface area is 81.9 Å². The first-order valence-electron chi connectivity index (χ1n) is 4.32. The lowest BCUT2D eigenvalue weighted by atomic mass is 10.1. The number of rotatable bonds is 1. The summed E-state index contributed by atoms with van der Waals surface area (Å²) in [4.78, 5) is 7.51. The Morgan fingerprint density at radius 2 is 2.15 bits per heavy atom. The molecule has 2 aromatic heterocycles. The van der Waals surface area contributed by atoms with Gasteiger partial charge in [0.1, 0.15) is 5.15 Å². The van der Waals surface area contributed by atoms with Crippen molar-refractivity contribution < 1.29 is 0 Å². The molecule has 0 unspecified atom stereocenters. The Hall–Kier alpha value is -1.02. The standard InChI is InChI=1S/C10H11ClN2/c1-6(2)8-5-9-7(12-8)3-4-10(11)13-9/h3-6,12H,1-2H3. The van der Waals surface area contributed by atoms with Crippen molar-refractivity contribution in [3.8, 4) is 0 Å². The first-order valence-corrected chi connectivity index (χ1v) is 4.70. The molecule has 0 radical (unpaired) electrons. The van der Waals surface area contributed by atoms with E-state index >= 15 is 0 Å². The van der Waals surface area contributed by atoms with Gasteiger partial charge in [-0.05, 0) is 24.1 Å². The molecule has 0 aromatic carbocycles. The maximum absolute atomic E-state index is 5.78. The molecule has 0 aliphatic carbocycles. The van der Waals surface area contributed by atoms with Gasteiger partial charge in [0.05, 0.1) is 11.0 Å². The Balaban J connectivity index is 2.62. The molecule has 0 aliphatic heterocycles. The molecule has 3 heteroatoms. The van der Waals surface area contributed by atoms with Crippen molar-refractivity contribution >= 4 is 22.6 Å². The van der Waals surface area contributed by atoms with E-state index in [0.717, 1.165) is 11.0 Å². The minimum atomic E-state index is 0.493. The van der Waals surface area contributed by atoms with Gasteiger partial charge in [-0.3, -0.25) is 0 Å². The number of fused-ring (bicyclic) bond motifs is 1. The number of H-pyrrole nitrogens is 1. The summed E-state index contributed by atoms with van der Waals surface area (Å²) < 4.78 is 0. The van der Waals surface area contributed by atoms with Crippen LogP contribution in [0, 0.1) is 0 Å². The summed E-state index contributed by atoms with van der Waals surface area (Å²) in [5.74, 6) is 0.493. The van der Waals surface area contributed by atoms with E-state index in [1.54, 1.807) is 6.07 Å². The summed E-state index contributed by atoms with van der Waals surface area (Å²) in [7, 11) is 0. The highest BCUT2D eigenvalue weighted by Crippen LogP contribution is 2.20. The van der Waals surface area contributed by atoms with E-state index in [9.17, 15) is 0 Å². The summed E-state index contributed by atoms with van der Waals surface area (Å²) in [6.45, 7) is 4.29. The van der Waals surface area contributed by atoms with Gasteiger partial charge in [0.15, 0.2) is 0 Å². The molecule has 0 amide bonds. The van der Waals surface area contributed by atoms with Crippen LogP contribution in [0.25, 0.3) is 11.0 Å². The van der Waals surface area contributed by atoms with Crippen molar-refractivity contribution in [3.63, 3.8) is 0 Å². The third-order valence-corrected chi connectivity index (χ3v) is 2.29. The number of hydrogen-bond donors (Lipinski definition) is 1. The van der Waals surface area contributed by atoms with Gasteiger partial charge in [0.25, 0.3) is 0 Å². The lowest BCUT2D eigenvalue weighted by molar-refractivity contribution is 0.836. The van der Waals surface area contributed by atoms with Crippen molar-refractivity contribution in [2.45, 2.75) is 19.8 Å². The summed E-state index contributed by atoms with van der Waals surface area (Å²) in [5.41, 5.74) is 3.19. The number of pyridine rings is 1. The number of nitrogens with zero attached hydrogens (tertiary/aromatic N) is 1. The molecular formula is C10H11ClN2. The quantitative estimate of drug-likeness (QED) is 0.693. The Morgan fingerprint density at radius 1 is 1.38 bits per heavy atom. The van der Waals surface area contributed by atoms with Crippen LogP contribution in [-0.2, 0) is 0 Å². The minimum absolute atomic E-state index is 0.493. The summed E-state index contributed by atoms with van der Waals surface area (Å²) in [6, 6.07) is 5.80. The maximum Gasteiger partial charge on any atom is 0.129 e. The van der Waals surface area contributed by atoms with Crippen molar-refractivity contribution in [1.82, 2.24) is 9.97 Å². The van der Waals surface area contributed by atoms with Gasteiger partial charge in [-0.1, -0.05) is 25.4 Å². The van der Waals surface area contributed by atoms with Crippen LogP contribution in [0.1, 0.15) is 25.5 Å². The number of hydrogen-bond acceptors (Lipinski definition) is 1. The summed E-state index contributed by atoms with van der Waals surface area (Å²) in [6.07, 6.45) is 0. The molecule has 0 spiro atoms. The molecular weight excluding hydrogens is 184 g/mol. The second kappa shape index (κ2) is 3.04. The van der Waals surface area contributed by atoms with Crippen LogP contribution < -0.4 is 0 Å². The SMILES string of the molecule is CC(C)c1cc2nc(Cl)ccc2[nH]1. The molecule has 0 atom stereocenters. The molecule has 1 N–H and O–H groups in total. The van der Waals surface area contributed by atoms with Crippen LogP contribution in [0.5, 0.6) is 0 Å². The fraction of sp³-hybridized carbons (Fsp3) is 0.300. The topological polar surface area (TPSA) is 28.7 Å². The largest absolute Gasteiger partial charge is 0.357 e. The highest BCUT2D eigenvalue weighted by atomic mass is 35.5. The normalized spacial score (nSPS) is 11.4. The molecule has 0 aliphatic rings. The molecule has 2 aromatic rings. The molecule has 13 heavy (non-hydrogen) atoms. The smallest absolute Gasteiger partial charge is 0.129 e. The third-order valence-electron chi connectivity index (χ3n) is 2.08. The van der Waals surface area contributed by atoms with E-state index in [1.807, 2.05) is 12.1 Å². The van der Waals surface area contributed by atoms with Gasteiger partial charge in [0, 0.05) is 5.69 Å². The van der Waals surface area contributed by atoms with Crippen molar-refractivity contribution in [1.29, 1.82) is 0 Å². The second-order valence-corrected chi connectivity index (χ2v) is 3.83. The number of halogens is 1. The van der Waals surface area contributed by atoms with E-state index < -0.39 is 0 Å². The van der Waals surface area contributed by atoms with Crippen molar-refractivity contribution in [2.24, 2.45) is 0 Å². The van der Waals surface area contributed by atoms with Crippen LogP contribution in [0.15, 0.2) is 18.2 Å². The highest BCUT2D eigenvalue weighted by molar-refractivity contribution is 6.29. The lowest BCUT2D eigenvalue weighted by Crippen LogP contribution is -1.84. The average molecular weight is 195 g/mol. The van der Waals surface area contributed by atoms with Crippen molar-refractivity contribution in [3.05, 3.63) is 29.0 Å². The monoisotopic (exact) mass is 194 g/mol. The average Bonchev–Trinajstić information content (AvgIpc) is 2.46. The molecule has 2 rings (SSSR count). The van der Waals surface area contributed by atoms with Gasteiger partial charge in [-0.2, -0.15) is 0 Å². The number of aromatic amines is 1. The highest BCUT2D eigenvalue weighted by Gasteiger charge is 2.04. The fourth-order valence-corrected chi connectivity index (χ4v) is 1.47. The molecule has 2 nitrogen and oxygen atoms in total. The first kappa shape index (κ1) is 8.57. The van der Waals surface area contributed by atoms with Gasteiger partial charge < -0.3 is 4.98 Å². The summed E-state index contributed by atoms with van der Waals surface area (Å²) in [5, 5.41) is 0.543. The zero-order valence-electron chi connectivity index (χ0n) is 7.63. The molecule has 68 valence electrons. The zero-order valence-corrected chi connectivity index (χ0v) is 8.39. The Morgan fingerprint density at radius 3 is 2.85 bits per heavy atom. The van der Waals surface area contributed by atoms with Crippen LogP contribution in [0.4, 0.5) is 0 Å². The van der Waals surface area contributed by atoms with E-state index in [4.69, 9.17) is 11.6 Å². The first-order chi connectivity index (χ1) is 6.16. The van der Waals surface area contributed by atoms with Crippen LogP contribution in [0.2, 0.25) is 5.15 Å². The lowest BCUT2D eigenvalue weighted by Gasteiger charge is -1.97. The van der Waals surface area contributed by atoms with Gasteiger partial charge >= 0.3 is 0 Å². The number of aromatic nitrogens is 2. The van der Waals surface area contributed by atoms with E-state index in [1.165, 1.54) is 5.69 Å². The molecule has 0 saturated heterocycles. The fourth-order valence-electron chi connectivity index (χ4n) is 1.32. The molecule has 0 saturated carbocycles. The van der Waals surface area contributed by atoms with E-state index in [2.05, 4.69) is 23.8 Å². The van der Waals surface area contributed by atoms with Gasteiger partial charge in [-0.15, -0.1) is 0 Å². The second-order valence-electron chi connectivity index (χ2n) is 3.45. The predicted octanol–water partition coefficient (Wildman–Crippen LogP) is 3.34. The Kier molecular flexibility index (Phi) is 2.00. The zero-order chi connectivity index (χ0) is 9.42. The summed E-state index contributed by atoms with van der Waals surface area (Å²) >= 11 is 5.78. The van der Waals surface area contributed by atoms with Crippen LogP contribution in [0.3, 0.4) is 0 Å². The minimum Gasteiger partial charge on any atom is -0.357 e. The van der Waals surface area contributed by atoms with Crippen molar-refractivity contribution in [2.75, 3.05) is 0 Å².